The maximum atomic E-state index is 14.5. The first kappa shape index (κ1) is 100. The number of amides is 5. The third-order valence-corrected chi connectivity index (χ3v) is 23.2. The van der Waals surface area contributed by atoms with Gasteiger partial charge >= 0.3 is 30.9 Å². The lowest BCUT2D eigenvalue weighted by molar-refractivity contribution is -0.141. The number of likely N-dealkylation sites (N-methyl/N-ethyl adjacent to an activating group) is 1. The van der Waals surface area contributed by atoms with Crippen LogP contribution in [0, 0.1) is 17.6 Å². The number of hydrogen-bond donors (Lipinski definition) is 13. The van der Waals surface area contributed by atoms with E-state index in [4.69, 9.17) is 0 Å². The molecule has 2 saturated carbocycles. The molecule has 0 aromatic carbocycles. The van der Waals surface area contributed by atoms with Gasteiger partial charge in [-0.05, 0) is 37.8 Å². The van der Waals surface area contributed by atoms with Crippen LogP contribution in [0.4, 0.5) is 104 Å². The molecule has 3 saturated heterocycles. The Morgan fingerprint density at radius 3 is 1.20 bits per heavy atom. The zero-order valence-corrected chi connectivity index (χ0v) is 74.2. The Morgan fingerprint density at radius 2 is 0.771 bits per heavy atom. The van der Waals surface area contributed by atoms with Gasteiger partial charge < -0.3 is 86.6 Å². The number of carbonyl (C=O) groups is 5. The average Bonchev–Trinajstić information content (AvgIpc) is 1.59. The molecule has 5 fully saturated rings. The fourth-order valence-corrected chi connectivity index (χ4v) is 16.1. The number of halogens is 17. The van der Waals surface area contributed by atoms with Gasteiger partial charge in [0.2, 0.25) is 35.5 Å². The molecule has 0 spiro atoms. The van der Waals surface area contributed by atoms with Crippen molar-refractivity contribution in [3.63, 3.8) is 0 Å². The molecule has 20 rings (SSSR count). The topological polar surface area (TPSA) is 561 Å². The second kappa shape index (κ2) is 41.4. The van der Waals surface area contributed by atoms with Crippen molar-refractivity contribution in [3.05, 3.63) is 148 Å². The van der Waals surface area contributed by atoms with Crippen LogP contribution < -0.4 is 51.5 Å². The van der Waals surface area contributed by atoms with E-state index in [1.54, 1.807) is 85.3 Å². The third-order valence-electron chi connectivity index (χ3n) is 23.2. The van der Waals surface area contributed by atoms with Crippen molar-refractivity contribution in [1.29, 1.82) is 0 Å². The minimum Gasteiger partial charge on any atom is -0.391 e. The van der Waals surface area contributed by atoms with Crippen LogP contribution in [-0.2, 0) is 24.0 Å². The normalized spacial score (nSPS) is 17.2. The molecule has 3 aliphatic heterocycles. The van der Waals surface area contributed by atoms with Gasteiger partial charge in [-0.2, -0.15) is 70.8 Å². The number of nitrogens with zero attached hydrogens (tertiary/aromatic N) is 25. The lowest BCUT2D eigenvalue weighted by atomic mass is 9.96. The molecule has 4 atom stereocenters. The summed E-state index contributed by atoms with van der Waals surface area (Å²) in [6.45, 7) is -7.07. The molecule has 43 nitrogen and oxygen atoms in total. The van der Waals surface area contributed by atoms with Gasteiger partial charge in [-0.25, -0.2) is 108 Å². The van der Waals surface area contributed by atoms with E-state index in [0.717, 1.165) is 22.7 Å². The highest BCUT2D eigenvalue weighted by molar-refractivity contribution is 5.97. The summed E-state index contributed by atoms with van der Waals surface area (Å²) in [5, 5.41) is 35.7. The monoisotopic (exact) mass is 2020 g/mol. The van der Waals surface area contributed by atoms with E-state index in [2.05, 4.69) is 135 Å². The number of hydrogen-bond acceptors (Lipinski definition) is 33. The van der Waals surface area contributed by atoms with Crippen LogP contribution in [-0.4, -0.2) is 302 Å². The van der Waals surface area contributed by atoms with Crippen LogP contribution >= 0.6 is 0 Å². The highest BCUT2D eigenvalue weighted by Crippen LogP contribution is 2.45. The average molecular weight is 2030 g/mol. The number of aliphatic hydroxyl groups excluding tert-OH is 2. The maximum absolute atomic E-state index is 14.5. The fraction of sp³-hybridized carbons (Fsp3) is 0.357. The predicted molar refractivity (Wildman–Crippen MR) is 472 cm³/mol. The molecule has 144 heavy (non-hydrogen) atoms. The summed E-state index contributed by atoms with van der Waals surface area (Å²) < 4.78 is 215. The Labute approximate surface area is 795 Å². The summed E-state index contributed by atoms with van der Waals surface area (Å²) >= 11 is 0. The van der Waals surface area contributed by atoms with E-state index < -0.39 is 146 Å². The van der Waals surface area contributed by atoms with Gasteiger partial charge in [0.25, 0.3) is 0 Å². The maximum Gasteiger partial charge on any atom is 0.405 e. The number of nitrogens with one attached hydrogen (secondary N) is 11. The van der Waals surface area contributed by atoms with Crippen molar-refractivity contribution in [1.82, 2.24) is 156 Å². The van der Waals surface area contributed by atoms with Crippen LogP contribution in [0.1, 0.15) is 51.4 Å². The first-order chi connectivity index (χ1) is 68.5. The first-order valence-electron chi connectivity index (χ1n) is 43.2. The molecule has 60 heteroatoms. The second-order valence-corrected chi connectivity index (χ2v) is 33.1. The Morgan fingerprint density at radius 1 is 0.403 bits per heavy atom. The minimum absolute atomic E-state index is 0.00392. The van der Waals surface area contributed by atoms with Gasteiger partial charge in [0.1, 0.15) is 134 Å². The smallest absolute Gasteiger partial charge is 0.391 e. The molecule has 18 heterocycles. The highest BCUT2D eigenvalue weighted by atomic mass is 19.4. The van der Waals surface area contributed by atoms with Crippen LogP contribution in [0.3, 0.4) is 0 Å². The molecule has 15 aromatic rings. The van der Waals surface area contributed by atoms with Crippen molar-refractivity contribution in [2.24, 2.45) is 5.92 Å². The van der Waals surface area contributed by atoms with Crippen LogP contribution in [0.15, 0.2) is 137 Å². The Balaban J connectivity index is 0.000000129. The number of rotatable bonds is 22. The number of β-amino-alcohol motifs (C(OH)–C–C–N with tert-alkyl or cyclic N) is 2. The predicted octanol–water partition coefficient (Wildman–Crippen LogP) is 8.15. The van der Waals surface area contributed by atoms with E-state index in [1.807, 2.05) is 21.3 Å². The van der Waals surface area contributed by atoms with Gasteiger partial charge in [-0.1, -0.05) is 12.8 Å². The van der Waals surface area contributed by atoms with E-state index in [9.17, 15) is 109 Å². The van der Waals surface area contributed by atoms with Crippen molar-refractivity contribution in [2.45, 2.75) is 118 Å². The molecule has 15 aromatic heterocycles. The second-order valence-electron chi connectivity index (χ2n) is 33.1. The van der Waals surface area contributed by atoms with Crippen molar-refractivity contribution >= 4 is 114 Å². The van der Waals surface area contributed by atoms with Crippen molar-refractivity contribution in [2.75, 3.05) is 90.9 Å². The van der Waals surface area contributed by atoms with Crippen LogP contribution in [0.25, 0.3) is 112 Å². The zero-order valence-electron chi connectivity index (χ0n) is 74.2. The van der Waals surface area contributed by atoms with Gasteiger partial charge in [0, 0.05) is 175 Å². The molecule has 5 aliphatic rings. The summed E-state index contributed by atoms with van der Waals surface area (Å²) in [5.74, 6) is -4.16. The summed E-state index contributed by atoms with van der Waals surface area (Å²) in [6.07, 6.45) is 7.89. The summed E-state index contributed by atoms with van der Waals surface area (Å²) in [5.41, 5.74) is 3.76. The molecule has 2 aliphatic carbocycles. The lowest BCUT2D eigenvalue weighted by Gasteiger charge is -2.39. The molecule has 0 bridgehead atoms. The molecule has 754 valence electrons. The molecule has 13 N–H and O–H groups in total. The number of fused-ring (bicyclic) bond motifs is 5. The van der Waals surface area contributed by atoms with Crippen LogP contribution in [0.5, 0.6) is 0 Å². The van der Waals surface area contributed by atoms with E-state index >= 15 is 0 Å². The number of H-pyrrole nitrogens is 5. The van der Waals surface area contributed by atoms with Gasteiger partial charge in [0.05, 0.1) is 30.5 Å². The molecule has 0 unspecified atom stereocenters. The summed E-state index contributed by atoms with van der Waals surface area (Å²) in [4.78, 5) is 168. The quantitative estimate of drug-likeness (QED) is 0.0284. The van der Waals surface area contributed by atoms with Gasteiger partial charge in [-0.15, -0.1) is 0 Å². The Hall–Kier alpha value is -16.5. The SMILES string of the molecule is CN(c1ccnc(-c2c[nH]c3ncncc23)n1)C1(C(=O)NCC(F)(F)F)CC1.O=C(NCC(F)(F)F)C1(Nc2ncnc(-c3c[nH]c4ncncc34)n2)CCCC1.O=C(NCC(F)(F)F)C1CN(c2nc(-c3c[nH]c4ncncc34)ncc2F)C1.O=C(NCC(F)(F)F)[C@H]1C[C@H](O)CN1c1ccnc(-c2c[nH]c3ncncc23)n1.O=C(NCC(F)(F)F)[C@H]1C[C@H](O)CN1c1nc(-c2c[nH]c3ncncc23)ncc1F. The van der Waals surface area contributed by atoms with E-state index in [-0.39, 0.29) is 68.3 Å². The third kappa shape index (κ3) is 23.7. The number of alkyl halides is 15. The van der Waals surface area contributed by atoms with E-state index in [1.165, 1.54) is 66.2 Å². The van der Waals surface area contributed by atoms with Gasteiger partial charge in [-0.3, -0.25) is 24.0 Å². The Bertz CT molecular complexity index is 7150. The summed E-state index contributed by atoms with van der Waals surface area (Å²) in [7, 11) is 1.64. The number of aromatic nitrogens is 26. The molecular weight excluding hydrogens is 1950 g/mol. The largest absolute Gasteiger partial charge is 0.405 e. The number of anilines is 5. The van der Waals surface area contributed by atoms with Crippen molar-refractivity contribution < 1.29 is 109 Å². The Kier molecular flexibility index (Phi) is 28.9. The van der Waals surface area contributed by atoms with E-state index in [0.29, 0.717) is 145 Å². The molecule has 5 amide bonds. The summed E-state index contributed by atoms with van der Waals surface area (Å²) in [6, 6.07) is 0.968. The number of carbonyl (C=O) groups excluding carboxylic acids is 5. The lowest BCUT2D eigenvalue weighted by Crippen LogP contribution is -2.55. The van der Waals surface area contributed by atoms with Crippen molar-refractivity contribution in [3.8, 4) is 56.9 Å². The number of aromatic amines is 5. The molecular formula is C84H77F17N36O7. The first-order valence-corrected chi connectivity index (χ1v) is 43.2. The molecule has 0 radical (unpaired) electrons. The minimum atomic E-state index is -4.59. The highest BCUT2D eigenvalue weighted by Gasteiger charge is 2.55. The van der Waals surface area contributed by atoms with Crippen LogP contribution in [0.2, 0.25) is 0 Å². The number of aliphatic hydroxyl groups is 2. The standard InChI is InChI=1S/C17H15F4N7O2.C17H17F3N8O.C17H16F3N7O2.C17H16F3N7O.C16H13F4N7O/c18-11-4-24-14(10-3-23-13-9(10)2-22-7-26-13)27-15(11)28-5-8(29)1-12(28)16(30)25-6-17(19,20)21;18-17(19,20)7-23-14(29)16(3-1-2-4-16)28-15-26-9-25-13(27-15)11-6-22-12-10(11)5-21-8-24-12;18-17(19,20)7-24-16(29)12-3-9(28)6-27(12)13-1-2-22-15(26-13)11-5-23-14-10(11)4-21-8-25-14;1-27(16(3-4-16)15(28)24-8-17(18,19)20)12-2-5-22-14(26-12)11-7-23-13-10(11)6-21-9-25-13;17-11-3-23-13(10-2-22-12-9(10)1-21-7-25-12)26-14(11)27-4-8(5-27)15(28)24-6-16(18,19)20/h2-4,7-8,12,29H,1,5-6H2,(H,25,30)(H,22,23,26);5-6,8-9H,1-4,7H2,(H,23,29)(H,21,22,24)(H,25,26,27,28);1-2,4-5,8-9,12,28H,3,6-7H2,(H,24,29)(H,21,23,25);2,5-7,9H,3-4,8H2,1H3,(H,24,28)(H,21,23,25);1-3,7-8H,4-6H2,(H,24,28)(H,21,22,25)/t8-,12+;;9-,12+;;/m0.0../s1. The zero-order chi connectivity index (χ0) is 102. The van der Waals surface area contributed by atoms with Gasteiger partial charge in [0.15, 0.2) is 52.4 Å². The fourth-order valence-electron chi connectivity index (χ4n) is 16.1.